The van der Waals surface area contributed by atoms with Gasteiger partial charge in [-0.05, 0) is 62.4 Å². The lowest BCUT2D eigenvalue weighted by molar-refractivity contribution is 0.360. The van der Waals surface area contributed by atoms with Gasteiger partial charge in [-0.3, -0.25) is 0 Å². The van der Waals surface area contributed by atoms with Crippen LogP contribution in [0.15, 0.2) is 18.2 Å². The van der Waals surface area contributed by atoms with Crippen LogP contribution in [0.3, 0.4) is 0 Å². The van der Waals surface area contributed by atoms with Crippen molar-refractivity contribution >= 4 is 5.69 Å². The summed E-state index contributed by atoms with van der Waals surface area (Å²) in [5.41, 5.74) is 2.49. The summed E-state index contributed by atoms with van der Waals surface area (Å²) in [5.74, 6) is 1.82. The van der Waals surface area contributed by atoms with Gasteiger partial charge in [0.2, 0.25) is 0 Å². The van der Waals surface area contributed by atoms with Gasteiger partial charge in [-0.25, -0.2) is 0 Å². The first-order valence-electron chi connectivity index (χ1n) is 7.45. The zero-order valence-corrected chi connectivity index (χ0v) is 12.2. The predicted octanol–water partition coefficient (Wildman–Crippen LogP) is 3.06. The Morgan fingerprint density at radius 3 is 2.79 bits per heavy atom. The quantitative estimate of drug-likeness (QED) is 0.826. The molecule has 0 aliphatic carbocycles. The van der Waals surface area contributed by atoms with Gasteiger partial charge in [0.25, 0.3) is 0 Å². The SMILES string of the molecule is CCc1ccc(OC)c(NCCC2CCNCC2)c1. The molecule has 2 N–H and O–H groups in total. The third-order valence-corrected chi connectivity index (χ3v) is 4.00. The smallest absolute Gasteiger partial charge is 0.141 e. The molecule has 19 heavy (non-hydrogen) atoms. The van der Waals surface area contributed by atoms with Crippen molar-refractivity contribution in [3.8, 4) is 5.75 Å². The normalized spacial score (nSPS) is 16.3. The second-order valence-electron chi connectivity index (χ2n) is 5.30. The highest BCUT2D eigenvalue weighted by atomic mass is 16.5. The number of anilines is 1. The molecule has 2 rings (SSSR count). The van der Waals surface area contributed by atoms with Crippen LogP contribution in [0, 0.1) is 5.92 Å². The Hall–Kier alpha value is -1.22. The molecular weight excluding hydrogens is 236 g/mol. The van der Waals surface area contributed by atoms with Gasteiger partial charge in [0.15, 0.2) is 0 Å². The van der Waals surface area contributed by atoms with Gasteiger partial charge in [0.1, 0.15) is 5.75 Å². The second kappa shape index (κ2) is 7.39. The van der Waals surface area contributed by atoms with Crippen LogP contribution in [-0.2, 0) is 6.42 Å². The van der Waals surface area contributed by atoms with Gasteiger partial charge in [-0.15, -0.1) is 0 Å². The number of piperidine rings is 1. The third kappa shape index (κ3) is 4.13. The molecule has 0 spiro atoms. The van der Waals surface area contributed by atoms with Crippen LogP contribution in [0.2, 0.25) is 0 Å². The first-order valence-corrected chi connectivity index (χ1v) is 7.45. The maximum absolute atomic E-state index is 5.41. The molecule has 0 radical (unpaired) electrons. The zero-order chi connectivity index (χ0) is 13.5. The minimum Gasteiger partial charge on any atom is -0.495 e. The number of rotatable bonds is 6. The molecule has 3 nitrogen and oxygen atoms in total. The topological polar surface area (TPSA) is 33.3 Å². The summed E-state index contributed by atoms with van der Waals surface area (Å²) in [7, 11) is 1.74. The van der Waals surface area contributed by atoms with E-state index in [1.54, 1.807) is 7.11 Å². The predicted molar refractivity (Wildman–Crippen MR) is 81.1 cm³/mol. The van der Waals surface area contributed by atoms with E-state index in [9.17, 15) is 0 Å². The van der Waals surface area contributed by atoms with Gasteiger partial charge in [-0.1, -0.05) is 13.0 Å². The van der Waals surface area contributed by atoms with Crippen LogP contribution in [0.4, 0.5) is 5.69 Å². The lowest BCUT2D eigenvalue weighted by Crippen LogP contribution is -2.28. The van der Waals surface area contributed by atoms with E-state index < -0.39 is 0 Å². The van der Waals surface area contributed by atoms with Crippen molar-refractivity contribution in [2.75, 3.05) is 32.1 Å². The van der Waals surface area contributed by atoms with E-state index >= 15 is 0 Å². The fourth-order valence-corrected chi connectivity index (χ4v) is 2.69. The Morgan fingerprint density at radius 2 is 2.11 bits per heavy atom. The molecule has 3 heteroatoms. The van der Waals surface area contributed by atoms with Crippen molar-refractivity contribution in [2.45, 2.75) is 32.6 Å². The first kappa shape index (κ1) is 14.2. The van der Waals surface area contributed by atoms with E-state index in [1.165, 1.54) is 37.9 Å². The summed E-state index contributed by atoms with van der Waals surface area (Å²) in [6, 6.07) is 6.41. The van der Waals surface area contributed by atoms with Gasteiger partial charge in [0, 0.05) is 6.54 Å². The number of hydrogen-bond acceptors (Lipinski definition) is 3. The van der Waals surface area contributed by atoms with E-state index in [0.717, 1.165) is 30.3 Å². The van der Waals surface area contributed by atoms with Crippen molar-refractivity contribution in [1.82, 2.24) is 5.32 Å². The number of hydrogen-bond donors (Lipinski definition) is 2. The molecule has 1 heterocycles. The van der Waals surface area contributed by atoms with E-state index in [1.807, 2.05) is 0 Å². The number of ether oxygens (including phenoxy) is 1. The average Bonchev–Trinajstić information content (AvgIpc) is 2.48. The molecule has 0 aromatic heterocycles. The molecule has 0 unspecified atom stereocenters. The molecule has 1 saturated heterocycles. The number of methoxy groups -OCH3 is 1. The largest absolute Gasteiger partial charge is 0.495 e. The zero-order valence-electron chi connectivity index (χ0n) is 12.2. The summed E-state index contributed by atoms with van der Waals surface area (Å²) in [4.78, 5) is 0. The first-order chi connectivity index (χ1) is 9.33. The van der Waals surface area contributed by atoms with Crippen LogP contribution in [0.25, 0.3) is 0 Å². The van der Waals surface area contributed by atoms with Crippen LogP contribution < -0.4 is 15.4 Å². The number of nitrogens with one attached hydrogen (secondary N) is 2. The number of aryl methyl sites for hydroxylation is 1. The Balaban J connectivity index is 1.86. The summed E-state index contributed by atoms with van der Waals surface area (Å²) >= 11 is 0. The van der Waals surface area contributed by atoms with E-state index in [4.69, 9.17) is 4.74 Å². The Kier molecular flexibility index (Phi) is 5.52. The van der Waals surface area contributed by atoms with Crippen molar-refractivity contribution in [1.29, 1.82) is 0 Å². The highest BCUT2D eigenvalue weighted by Crippen LogP contribution is 2.26. The van der Waals surface area contributed by atoms with E-state index in [-0.39, 0.29) is 0 Å². The molecule has 1 fully saturated rings. The number of benzene rings is 1. The maximum atomic E-state index is 5.41. The summed E-state index contributed by atoms with van der Waals surface area (Å²) in [6.07, 6.45) is 4.94. The molecule has 1 aromatic carbocycles. The van der Waals surface area contributed by atoms with Crippen LogP contribution in [0.1, 0.15) is 31.7 Å². The fraction of sp³-hybridized carbons (Fsp3) is 0.625. The van der Waals surface area contributed by atoms with Crippen molar-refractivity contribution in [2.24, 2.45) is 5.92 Å². The minimum absolute atomic E-state index is 0.870. The molecule has 0 saturated carbocycles. The maximum Gasteiger partial charge on any atom is 0.141 e. The third-order valence-electron chi connectivity index (χ3n) is 4.00. The van der Waals surface area contributed by atoms with Crippen LogP contribution >= 0.6 is 0 Å². The van der Waals surface area contributed by atoms with Crippen molar-refractivity contribution < 1.29 is 4.74 Å². The average molecular weight is 262 g/mol. The monoisotopic (exact) mass is 262 g/mol. The highest BCUT2D eigenvalue weighted by Gasteiger charge is 2.12. The van der Waals surface area contributed by atoms with Crippen LogP contribution in [-0.4, -0.2) is 26.7 Å². The molecule has 0 bridgehead atoms. The van der Waals surface area contributed by atoms with Gasteiger partial charge in [-0.2, -0.15) is 0 Å². The van der Waals surface area contributed by atoms with Gasteiger partial charge >= 0.3 is 0 Å². The molecule has 0 amide bonds. The van der Waals surface area contributed by atoms with Gasteiger partial charge in [0.05, 0.1) is 12.8 Å². The Bertz CT molecular complexity index is 386. The van der Waals surface area contributed by atoms with Gasteiger partial charge < -0.3 is 15.4 Å². The standard InChI is InChI=1S/C16H26N2O/c1-3-13-4-5-16(19-2)15(12-13)18-11-8-14-6-9-17-10-7-14/h4-5,12,14,17-18H,3,6-11H2,1-2H3. The lowest BCUT2D eigenvalue weighted by atomic mass is 9.95. The van der Waals surface area contributed by atoms with Crippen LogP contribution in [0.5, 0.6) is 5.75 Å². The fourth-order valence-electron chi connectivity index (χ4n) is 2.69. The van der Waals surface area contributed by atoms with Crippen molar-refractivity contribution in [3.05, 3.63) is 23.8 Å². The minimum atomic E-state index is 0.870. The molecular formula is C16H26N2O. The van der Waals surface area contributed by atoms with Crippen molar-refractivity contribution in [3.63, 3.8) is 0 Å². The molecule has 0 atom stereocenters. The molecule has 1 aliphatic rings. The summed E-state index contributed by atoms with van der Waals surface area (Å²) in [5, 5.41) is 6.96. The Labute approximate surface area is 116 Å². The molecule has 1 aromatic rings. The van der Waals surface area contributed by atoms with E-state index in [2.05, 4.69) is 35.8 Å². The lowest BCUT2D eigenvalue weighted by Gasteiger charge is -2.23. The molecule has 106 valence electrons. The van der Waals surface area contributed by atoms with E-state index in [0.29, 0.717) is 0 Å². The summed E-state index contributed by atoms with van der Waals surface area (Å²) < 4.78 is 5.41. The molecule has 1 aliphatic heterocycles. The highest BCUT2D eigenvalue weighted by molar-refractivity contribution is 5.58. The second-order valence-corrected chi connectivity index (χ2v) is 5.30. The Morgan fingerprint density at radius 1 is 1.32 bits per heavy atom. The summed E-state index contributed by atoms with van der Waals surface area (Å²) in [6.45, 7) is 5.58.